The van der Waals surface area contributed by atoms with Crippen LogP contribution in [0.4, 0.5) is 10.3 Å². The maximum Gasteiger partial charge on any atom is 0.269 e. The van der Waals surface area contributed by atoms with Crippen LogP contribution in [-0.4, -0.2) is 28.7 Å². The highest BCUT2D eigenvalue weighted by molar-refractivity contribution is 7.21. The lowest BCUT2D eigenvalue weighted by molar-refractivity contribution is 0.102. The van der Waals surface area contributed by atoms with Gasteiger partial charge in [0.1, 0.15) is 10.7 Å². The van der Waals surface area contributed by atoms with Gasteiger partial charge in [0.25, 0.3) is 5.91 Å². The van der Waals surface area contributed by atoms with Crippen molar-refractivity contribution >= 4 is 55.9 Å². The number of aryl methyl sites for hydroxylation is 1. The van der Waals surface area contributed by atoms with Crippen molar-refractivity contribution in [2.45, 2.75) is 19.9 Å². The van der Waals surface area contributed by atoms with Crippen LogP contribution in [0.15, 0.2) is 42.5 Å². The fraction of sp³-hybridized carbons (Fsp3) is 0.238. The van der Waals surface area contributed by atoms with E-state index in [1.54, 1.807) is 6.07 Å². The van der Waals surface area contributed by atoms with Crippen molar-refractivity contribution < 1.29 is 13.9 Å². The molecule has 0 fully saturated rings. The average molecular weight is 432 g/mol. The van der Waals surface area contributed by atoms with Gasteiger partial charge < -0.3 is 9.30 Å². The zero-order valence-corrected chi connectivity index (χ0v) is 17.3. The number of ether oxygens (including phenoxy) is 1. The molecule has 0 aliphatic carbocycles. The van der Waals surface area contributed by atoms with Crippen molar-refractivity contribution in [3.63, 3.8) is 0 Å². The molecule has 0 aliphatic heterocycles. The predicted molar refractivity (Wildman–Crippen MR) is 116 cm³/mol. The molecular weight excluding hydrogens is 413 g/mol. The summed E-state index contributed by atoms with van der Waals surface area (Å²) < 4.78 is 21.5. The van der Waals surface area contributed by atoms with Gasteiger partial charge in [0.2, 0.25) is 5.95 Å². The highest BCUT2D eigenvalue weighted by Crippen LogP contribution is 2.36. The summed E-state index contributed by atoms with van der Waals surface area (Å²) in [6.45, 7) is 3.91. The second kappa shape index (κ2) is 8.49. The van der Waals surface area contributed by atoms with Crippen molar-refractivity contribution in [2.75, 3.05) is 18.5 Å². The number of anilines is 1. The molecule has 2 heterocycles. The van der Waals surface area contributed by atoms with Gasteiger partial charge in [0, 0.05) is 29.8 Å². The second-order valence-electron chi connectivity index (χ2n) is 6.47. The van der Waals surface area contributed by atoms with Crippen molar-refractivity contribution in [2.24, 2.45) is 0 Å². The number of para-hydroxylation sites is 2. The fourth-order valence-corrected chi connectivity index (χ4v) is 4.65. The normalized spacial score (nSPS) is 11.4. The number of amides is 1. The zero-order chi connectivity index (χ0) is 20.4. The first kappa shape index (κ1) is 19.8. The van der Waals surface area contributed by atoms with E-state index in [0.29, 0.717) is 45.7 Å². The minimum Gasteiger partial charge on any atom is -0.382 e. The van der Waals surface area contributed by atoms with Crippen molar-refractivity contribution in [1.29, 1.82) is 0 Å². The highest BCUT2D eigenvalue weighted by atomic mass is 35.5. The van der Waals surface area contributed by atoms with E-state index < -0.39 is 0 Å². The molecule has 4 rings (SSSR count). The Kier molecular flexibility index (Phi) is 5.80. The molecule has 0 atom stereocenters. The van der Waals surface area contributed by atoms with Gasteiger partial charge in [-0.3, -0.25) is 10.1 Å². The maximum absolute atomic E-state index is 13.5. The van der Waals surface area contributed by atoms with Gasteiger partial charge in [-0.15, -0.1) is 11.3 Å². The maximum atomic E-state index is 13.5. The van der Waals surface area contributed by atoms with E-state index in [4.69, 9.17) is 16.3 Å². The Hall–Kier alpha value is -2.48. The summed E-state index contributed by atoms with van der Waals surface area (Å²) in [5, 5.41) is 3.86. The molecule has 1 N–H and O–H groups in total. The Morgan fingerprint density at radius 3 is 2.97 bits per heavy atom. The molecule has 150 valence electrons. The second-order valence-corrected chi connectivity index (χ2v) is 7.90. The molecule has 8 heteroatoms. The number of thiophene rings is 1. The molecule has 0 unspecified atom stereocenters. The fourth-order valence-electron chi connectivity index (χ4n) is 3.21. The molecule has 2 aromatic carbocycles. The highest BCUT2D eigenvalue weighted by Gasteiger charge is 2.20. The SMILES string of the molecule is CCOCCCn1c(NC(=O)c2sc3cc(F)ccc3c2Cl)nc2ccccc21. The van der Waals surface area contributed by atoms with Crippen LogP contribution >= 0.6 is 22.9 Å². The van der Waals surface area contributed by atoms with Crippen molar-refractivity contribution in [1.82, 2.24) is 9.55 Å². The van der Waals surface area contributed by atoms with Gasteiger partial charge in [-0.25, -0.2) is 9.37 Å². The summed E-state index contributed by atoms with van der Waals surface area (Å²) in [4.78, 5) is 17.8. The molecule has 2 aromatic heterocycles. The number of halogens is 2. The molecule has 4 aromatic rings. The molecule has 0 saturated carbocycles. The molecule has 0 radical (unpaired) electrons. The van der Waals surface area contributed by atoms with Crippen molar-refractivity contribution in [3.8, 4) is 0 Å². The largest absolute Gasteiger partial charge is 0.382 e. The quantitative estimate of drug-likeness (QED) is 0.380. The van der Waals surface area contributed by atoms with Crippen molar-refractivity contribution in [3.05, 3.63) is 58.2 Å². The van der Waals surface area contributed by atoms with Gasteiger partial charge in [-0.05, 0) is 43.7 Å². The molecule has 0 spiro atoms. The van der Waals surface area contributed by atoms with Crippen LogP contribution in [0.5, 0.6) is 0 Å². The Labute approximate surface area is 176 Å². The van der Waals surface area contributed by atoms with Crippen LogP contribution in [0, 0.1) is 5.82 Å². The Bertz CT molecular complexity index is 1190. The third-order valence-corrected chi connectivity index (χ3v) is 6.21. The van der Waals surface area contributed by atoms with Gasteiger partial charge in [0.05, 0.1) is 16.1 Å². The minimum atomic E-state index is -0.363. The molecule has 0 bridgehead atoms. The number of benzene rings is 2. The van der Waals surface area contributed by atoms with E-state index in [0.717, 1.165) is 28.8 Å². The molecular formula is C21H19ClFN3O2S. The molecule has 0 aliphatic rings. The smallest absolute Gasteiger partial charge is 0.269 e. The number of carbonyl (C=O) groups is 1. The number of nitrogens with one attached hydrogen (secondary N) is 1. The van der Waals surface area contributed by atoms with Crippen LogP contribution < -0.4 is 5.32 Å². The third kappa shape index (κ3) is 3.99. The summed E-state index contributed by atoms with van der Waals surface area (Å²) in [6, 6.07) is 12.0. The summed E-state index contributed by atoms with van der Waals surface area (Å²) in [7, 11) is 0. The van der Waals surface area contributed by atoms with E-state index >= 15 is 0 Å². The number of carbonyl (C=O) groups excluding carboxylic acids is 1. The standard InChI is InChI=1S/C21H19ClFN3O2S/c1-2-28-11-5-10-26-16-7-4-3-6-15(16)24-21(26)25-20(27)19-18(22)14-9-8-13(23)12-17(14)29-19/h3-4,6-9,12H,2,5,10-11H2,1H3,(H,24,25,27). The van der Waals surface area contributed by atoms with Gasteiger partial charge >= 0.3 is 0 Å². The Morgan fingerprint density at radius 2 is 2.14 bits per heavy atom. The third-order valence-electron chi connectivity index (χ3n) is 4.55. The summed E-state index contributed by atoms with van der Waals surface area (Å²) in [5.41, 5.74) is 1.73. The molecule has 0 saturated heterocycles. The van der Waals surface area contributed by atoms with Gasteiger partial charge in [-0.1, -0.05) is 23.7 Å². The van der Waals surface area contributed by atoms with Gasteiger partial charge in [-0.2, -0.15) is 0 Å². The lowest BCUT2D eigenvalue weighted by Gasteiger charge is -2.10. The molecule has 29 heavy (non-hydrogen) atoms. The summed E-state index contributed by atoms with van der Waals surface area (Å²) in [6.07, 6.45) is 0.792. The number of imidazole rings is 1. The minimum absolute atomic E-state index is 0.321. The van der Waals surface area contributed by atoms with E-state index in [1.807, 2.05) is 35.8 Å². The number of fused-ring (bicyclic) bond motifs is 2. The van der Waals surface area contributed by atoms with E-state index in [1.165, 1.54) is 12.1 Å². The zero-order valence-electron chi connectivity index (χ0n) is 15.7. The number of hydrogen-bond acceptors (Lipinski definition) is 4. The first-order valence-electron chi connectivity index (χ1n) is 9.30. The lowest BCUT2D eigenvalue weighted by atomic mass is 10.2. The molecule has 1 amide bonds. The van der Waals surface area contributed by atoms with Crippen LogP contribution in [0.3, 0.4) is 0 Å². The van der Waals surface area contributed by atoms with Crippen LogP contribution in [0.25, 0.3) is 21.1 Å². The summed E-state index contributed by atoms with van der Waals surface area (Å²) in [5.74, 6) is -0.274. The first-order chi connectivity index (χ1) is 14.1. The van der Waals surface area contributed by atoms with Gasteiger partial charge in [0.15, 0.2) is 0 Å². The number of hydrogen-bond donors (Lipinski definition) is 1. The Balaban J connectivity index is 1.65. The van der Waals surface area contributed by atoms with E-state index in [9.17, 15) is 9.18 Å². The lowest BCUT2D eigenvalue weighted by Crippen LogP contribution is -2.16. The van der Waals surface area contributed by atoms with Crippen LogP contribution in [0.1, 0.15) is 23.0 Å². The van der Waals surface area contributed by atoms with E-state index in [-0.39, 0.29) is 11.7 Å². The average Bonchev–Trinajstić information content (AvgIpc) is 3.22. The first-order valence-corrected chi connectivity index (χ1v) is 10.5. The number of aromatic nitrogens is 2. The topological polar surface area (TPSA) is 56.1 Å². The number of rotatable bonds is 7. The predicted octanol–water partition coefficient (Wildman–Crippen LogP) is 5.72. The van der Waals surface area contributed by atoms with Crippen LogP contribution in [0.2, 0.25) is 5.02 Å². The monoisotopic (exact) mass is 431 g/mol. The number of nitrogens with zero attached hydrogens (tertiary/aromatic N) is 2. The molecule has 5 nitrogen and oxygen atoms in total. The summed E-state index contributed by atoms with van der Waals surface area (Å²) >= 11 is 7.55. The van der Waals surface area contributed by atoms with Crippen LogP contribution in [-0.2, 0) is 11.3 Å². The Morgan fingerprint density at radius 1 is 1.31 bits per heavy atom. The van der Waals surface area contributed by atoms with E-state index in [2.05, 4.69) is 10.3 Å².